The summed E-state index contributed by atoms with van der Waals surface area (Å²) in [6, 6.07) is 7.10. The molecule has 0 bridgehead atoms. The van der Waals surface area contributed by atoms with Gasteiger partial charge >= 0.3 is 6.03 Å². The van der Waals surface area contributed by atoms with Crippen LogP contribution in [0.1, 0.15) is 146 Å². The van der Waals surface area contributed by atoms with Crippen molar-refractivity contribution < 1.29 is 43.4 Å². The van der Waals surface area contributed by atoms with Gasteiger partial charge in [-0.15, -0.1) is 0 Å². The Bertz CT molecular complexity index is 1460. The van der Waals surface area contributed by atoms with E-state index in [4.69, 9.17) is 9.84 Å². The Morgan fingerprint density at radius 3 is 1.86 bits per heavy atom. The fraction of sp³-hybridized carbons (Fsp3) is 0.740. The number of aldehydes is 1. The van der Waals surface area contributed by atoms with Gasteiger partial charge < -0.3 is 51.0 Å². The average molecular weight is 936 g/mol. The number of urea groups is 1. The SMILES string of the molecule is CC(=O)N(C)CCCC(C)C.CC(C)(C)O.CCC(C)CC(NC=O)C(=O)C(=O)NCC(=O)NC(C=O)c1ccccc1.CN(C)C.COCC(NC(=O)NC(C)C1CCCCC1)C(C)C. The van der Waals surface area contributed by atoms with Gasteiger partial charge in [0, 0.05) is 33.7 Å². The lowest BCUT2D eigenvalue weighted by Gasteiger charge is -2.29. The van der Waals surface area contributed by atoms with Crippen LogP contribution in [0.25, 0.3) is 0 Å². The van der Waals surface area contributed by atoms with E-state index >= 15 is 0 Å². The third kappa shape index (κ3) is 38.8. The van der Waals surface area contributed by atoms with Gasteiger partial charge in [-0.05, 0) is 110 Å². The van der Waals surface area contributed by atoms with Crippen molar-refractivity contribution in [2.75, 3.05) is 55.0 Å². The van der Waals surface area contributed by atoms with Crippen molar-refractivity contribution in [3.05, 3.63) is 35.9 Å². The Kier molecular flexibility index (Phi) is 38.6. The summed E-state index contributed by atoms with van der Waals surface area (Å²) >= 11 is 0. The van der Waals surface area contributed by atoms with Gasteiger partial charge in [-0.2, -0.15) is 0 Å². The van der Waals surface area contributed by atoms with Crippen molar-refractivity contribution in [2.24, 2.45) is 23.7 Å². The monoisotopic (exact) mass is 936 g/mol. The van der Waals surface area contributed by atoms with Crippen molar-refractivity contribution in [2.45, 2.75) is 164 Å². The van der Waals surface area contributed by atoms with Gasteiger partial charge in [-0.3, -0.25) is 24.0 Å². The normalized spacial score (nSPS) is 14.5. The zero-order chi connectivity index (χ0) is 51.4. The number of ether oxygens (including phenoxy) is 1. The molecule has 5 unspecified atom stereocenters. The van der Waals surface area contributed by atoms with Gasteiger partial charge in [0.15, 0.2) is 0 Å². The number of carbonyl (C=O) groups is 7. The fourth-order valence-corrected chi connectivity index (χ4v) is 6.03. The first kappa shape index (κ1) is 65.9. The van der Waals surface area contributed by atoms with Crippen LogP contribution in [0.5, 0.6) is 0 Å². The largest absolute Gasteiger partial charge is 0.391 e. The molecule has 6 amide bonds. The maximum atomic E-state index is 12.2. The van der Waals surface area contributed by atoms with Gasteiger partial charge in [0.1, 0.15) is 12.3 Å². The highest BCUT2D eigenvalue weighted by molar-refractivity contribution is 6.38. The first-order valence-corrected chi connectivity index (χ1v) is 23.7. The molecule has 1 aliphatic carbocycles. The number of hydrogen-bond acceptors (Lipinski definition) is 10. The molecule has 0 radical (unpaired) electrons. The second-order valence-corrected chi connectivity index (χ2v) is 19.3. The van der Waals surface area contributed by atoms with E-state index in [9.17, 15) is 33.6 Å². The molecule has 6 N–H and O–H groups in total. The molecule has 1 aromatic carbocycles. The van der Waals surface area contributed by atoms with Crippen molar-refractivity contribution in [3.8, 4) is 0 Å². The number of benzene rings is 1. The first-order valence-electron chi connectivity index (χ1n) is 23.7. The number of nitrogens with zero attached hydrogens (tertiary/aromatic N) is 2. The number of nitrogens with one attached hydrogen (secondary N) is 5. The summed E-state index contributed by atoms with van der Waals surface area (Å²) in [6.07, 6.45) is 10.8. The van der Waals surface area contributed by atoms with E-state index in [1.54, 1.807) is 70.0 Å². The molecule has 1 aromatic rings. The zero-order valence-corrected chi connectivity index (χ0v) is 43.8. The summed E-state index contributed by atoms with van der Waals surface area (Å²) in [5, 5.41) is 21.7. The Morgan fingerprint density at radius 1 is 0.879 bits per heavy atom. The second kappa shape index (κ2) is 38.7. The van der Waals surface area contributed by atoms with Crippen molar-refractivity contribution >= 4 is 42.2 Å². The summed E-state index contributed by atoms with van der Waals surface area (Å²) in [5.74, 6) is -0.333. The van der Waals surface area contributed by atoms with E-state index in [2.05, 4.69) is 61.2 Å². The molecule has 1 fully saturated rings. The van der Waals surface area contributed by atoms with Crippen LogP contribution in [-0.2, 0) is 33.5 Å². The van der Waals surface area contributed by atoms with Crippen LogP contribution in [0.3, 0.4) is 0 Å². The molecule has 0 saturated heterocycles. The van der Waals surface area contributed by atoms with Crippen LogP contribution in [0.15, 0.2) is 30.3 Å². The van der Waals surface area contributed by atoms with Gasteiger partial charge in [0.25, 0.3) is 5.91 Å². The lowest BCUT2D eigenvalue weighted by molar-refractivity contribution is -0.140. The number of rotatable bonds is 22. The van der Waals surface area contributed by atoms with E-state index in [-0.39, 0.29) is 29.9 Å². The lowest BCUT2D eigenvalue weighted by Crippen LogP contribution is -2.50. The Balaban J connectivity index is -0.000000877. The van der Waals surface area contributed by atoms with E-state index in [0.717, 1.165) is 25.3 Å². The van der Waals surface area contributed by atoms with Gasteiger partial charge in [-0.1, -0.05) is 97.6 Å². The second-order valence-electron chi connectivity index (χ2n) is 19.3. The molecule has 2 rings (SSSR count). The minimum Gasteiger partial charge on any atom is -0.391 e. The summed E-state index contributed by atoms with van der Waals surface area (Å²) in [7, 11) is 9.52. The minimum absolute atomic E-state index is 0.0613. The topological polar surface area (TPSA) is 216 Å². The van der Waals surface area contributed by atoms with Gasteiger partial charge in [-0.25, -0.2) is 4.79 Å². The number of hydrogen-bond donors (Lipinski definition) is 6. The van der Waals surface area contributed by atoms with Crippen LogP contribution < -0.4 is 26.6 Å². The quantitative estimate of drug-likeness (QED) is 0.0584. The highest BCUT2D eigenvalue weighted by atomic mass is 16.5. The fourth-order valence-electron chi connectivity index (χ4n) is 6.03. The van der Waals surface area contributed by atoms with Crippen molar-refractivity contribution in [1.29, 1.82) is 0 Å². The summed E-state index contributed by atoms with van der Waals surface area (Å²) in [5.41, 5.74) is 0.104. The smallest absolute Gasteiger partial charge is 0.315 e. The van der Waals surface area contributed by atoms with Crippen LogP contribution in [0.2, 0.25) is 0 Å². The number of amides is 6. The van der Waals surface area contributed by atoms with Crippen LogP contribution >= 0.6 is 0 Å². The maximum absolute atomic E-state index is 12.2. The molecule has 66 heavy (non-hydrogen) atoms. The molecule has 0 spiro atoms. The Morgan fingerprint density at radius 2 is 1.42 bits per heavy atom. The molecule has 382 valence electrons. The van der Waals surface area contributed by atoms with E-state index in [1.807, 2.05) is 46.9 Å². The Hall–Kier alpha value is -4.41. The minimum atomic E-state index is -0.963. The number of methoxy groups -OCH3 is 1. The zero-order valence-electron chi connectivity index (χ0n) is 43.8. The molecule has 0 heterocycles. The third-order valence-corrected chi connectivity index (χ3v) is 10.2. The molecule has 16 nitrogen and oxygen atoms in total. The standard InChI is InChI=1S/C19H25N3O5.C15H30N2O2.C9H19NO.C4H10O.C3H9N/c1-3-13(2)9-15(21-12-24)18(26)19(27)20-10-17(25)22-16(11-23)14-7-5-4-6-8-14;1-11(2)14(10-19-4)17-15(18)16-12(3)13-8-6-5-7-9-13;1-8(2)6-5-7-10(4)9(3)11;1-4(2,3)5;1-4(2)3/h4-8,11-13,15-16H,3,9-10H2,1-2H3,(H,20,27)(H,21,24)(H,22,25);11-14H,5-10H2,1-4H3,(H2,16,17,18);8H,5-7H2,1-4H3;5H,1-3H3;1-3H3. The number of ketones is 1. The molecular formula is C50H93N7O9. The van der Waals surface area contributed by atoms with Crippen LogP contribution in [0, 0.1) is 23.7 Å². The summed E-state index contributed by atoms with van der Waals surface area (Å²) in [4.78, 5) is 84.5. The van der Waals surface area contributed by atoms with Gasteiger partial charge in [0.2, 0.25) is 24.0 Å². The Labute approximate surface area is 399 Å². The van der Waals surface area contributed by atoms with Crippen molar-refractivity contribution in [1.82, 2.24) is 36.4 Å². The molecular weight excluding hydrogens is 843 g/mol. The third-order valence-electron chi connectivity index (χ3n) is 10.2. The van der Waals surface area contributed by atoms with Crippen LogP contribution in [-0.4, -0.2) is 136 Å². The molecule has 0 aromatic heterocycles. The highest BCUT2D eigenvalue weighted by Crippen LogP contribution is 2.26. The average Bonchev–Trinajstić information content (AvgIpc) is 3.24. The predicted octanol–water partition coefficient (Wildman–Crippen LogP) is 6.06. The van der Waals surface area contributed by atoms with Crippen LogP contribution in [0.4, 0.5) is 4.79 Å². The van der Waals surface area contributed by atoms with Gasteiger partial charge in [0.05, 0.1) is 30.8 Å². The van der Waals surface area contributed by atoms with E-state index in [1.165, 1.54) is 38.5 Å². The molecule has 5 atom stereocenters. The molecule has 1 aliphatic rings. The van der Waals surface area contributed by atoms with E-state index < -0.39 is 41.8 Å². The number of aliphatic hydroxyl groups is 1. The van der Waals surface area contributed by atoms with E-state index in [0.29, 0.717) is 43.1 Å². The highest BCUT2D eigenvalue weighted by Gasteiger charge is 2.27. The summed E-state index contributed by atoms with van der Waals surface area (Å²) in [6.45, 7) is 22.4. The maximum Gasteiger partial charge on any atom is 0.315 e. The number of Topliss-reactive ketones (excluding diaryl/α,β-unsaturated/α-hetero) is 1. The number of carbonyl (C=O) groups excluding carboxylic acids is 7. The summed E-state index contributed by atoms with van der Waals surface area (Å²) < 4.78 is 5.14. The molecule has 16 heteroatoms. The predicted molar refractivity (Wildman–Crippen MR) is 266 cm³/mol. The molecule has 0 aliphatic heterocycles. The van der Waals surface area contributed by atoms with Crippen molar-refractivity contribution in [3.63, 3.8) is 0 Å². The first-order chi connectivity index (χ1) is 30.7. The lowest BCUT2D eigenvalue weighted by atomic mass is 9.84. The molecule has 1 saturated carbocycles.